The molecule has 4 aromatic rings. The molecule has 6 heteroatoms. The summed E-state index contributed by atoms with van der Waals surface area (Å²) in [6.07, 6.45) is 0. The van der Waals surface area contributed by atoms with Gasteiger partial charge in [0.25, 0.3) is 0 Å². The van der Waals surface area contributed by atoms with Gasteiger partial charge in [-0.15, -0.1) is 45.3 Å². The molecule has 2 nitrogen and oxygen atoms in total. The van der Waals surface area contributed by atoms with Crippen molar-refractivity contribution in [3.05, 3.63) is 87.5 Å². The molecule has 2 aliphatic rings. The van der Waals surface area contributed by atoms with E-state index in [4.69, 9.17) is 0 Å². The molecule has 2 aliphatic carbocycles. The van der Waals surface area contributed by atoms with Crippen LogP contribution in [-0.4, -0.2) is 11.6 Å². The maximum atomic E-state index is 12.8. The first kappa shape index (κ1) is 15.0. The summed E-state index contributed by atoms with van der Waals surface area (Å²) in [5.41, 5.74) is 5.32. The third kappa shape index (κ3) is 1.75. The lowest BCUT2D eigenvalue weighted by molar-refractivity contribution is 0.103. The van der Waals surface area contributed by atoms with E-state index in [9.17, 15) is 9.59 Å². The summed E-state index contributed by atoms with van der Waals surface area (Å²) >= 11 is 6.42. The van der Waals surface area contributed by atoms with Crippen molar-refractivity contribution in [2.45, 2.75) is 0 Å². The van der Waals surface area contributed by atoms with Gasteiger partial charge in [0.05, 0.1) is 0 Å². The Morgan fingerprint density at radius 3 is 1.00 bits per heavy atom. The molecule has 4 aromatic heterocycles. The SMILES string of the molecule is O=C1c2ccsc2C(=C2c3sccc3C(=O)c3ccsc32)c2sccc21. The topological polar surface area (TPSA) is 34.1 Å². The Morgan fingerprint density at radius 2 is 0.731 bits per heavy atom. The Balaban J connectivity index is 1.81. The van der Waals surface area contributed by atoms with Crippen LogP contribution in [0.1, 0.15) is 51.4 Å². The van der Waals surface area contributed by atoms with Gasteiger partial charge in [0, 0.05) is 52.9 Å². The molecule has 124 valence electrons. The molecule has 26 heavy (non-hydrogen) atoms. The van der Waals surface area contributed by atoms with E-state index < -0.39 is 0 Å². The van der Waals surface area contributed by atoms with Crippen LogP contribution in [0, 0.1) is 0 Å². The highest BCUT2D eigenvalue weighted by Crippen LogP contribution is 2.51. The largest absolute Gasteiger partial charge is 0.289 e. The zero-order chi connectivity index (χ0) is 17.4. The second-order valence-electron chi connectivity index (χ2n) is 6.06. The fraction of sp³-hybridized carbons (Fsp3) is 0. The Bertz CT molecular complexity index is 1080. The summed E-state index contributed by atoms with van der Waals surface area (Å²) in [5.74, 6) is 0.207. The minimum Gasteiger partial charge on any atom is -0.289 e. The molecule has 0 saturated carbocycles. The van der Waals surface area contributed by atoms with Gasteiger partial charge in [-0.05, 0) is 45.8 Å². The number of carbonyl (C=O) groups is 2. The molecular formula is C20H8O2S4. The molecule has 4 heterocycles. The molecule has 0 atom stereocenters. The monoisotopic (exact) mass is 408 g/mol. The molecule has 0 saturated heterocycles. The third-order valence-corrected chi connectivity index (χ3v) is 8.53. The lowest BCUT2D eigenvalue weighted by Crippen LogP contribution is -2.14. The number of ketones is 2. The van der Waals surface area contributed by atoms with Crippen LogP contribution in [0.25, 0.3) is 11.1 Å². The van der Waals surface area contributed by atoms with Gasteiger partial charge < -0.3 is 0 Å². The summed E-state index contributed by atoms with van der Waals surface area (Å²) in [7, 11) is 0. The van der Waals surface area contributed by atoms with Gasteiger partial charge in [-0.3, -0.25) is 9.59 Å². The van der Waals surface area contributed by atoms with Gasteiger partial charge in [0.2, 0.25) is 0 Å². The van der Waals surface area contributed by atoms with Crippen molar-refractivity contribution < 1.29 is 9.59 Å². The lowest BCUT2D eigenvalue weighted by atomic mass is 9.84. The van der Waals surface area contributed by atoms with E-state index in [0.717, 1.165) is 52.9 Å². The van der Waals surface area contributed by atoms with E-state index in [0.29, 0.717) is 0 Å². The highest BCUT2D eigenvalue weighted by Gasteiger charge is 2.37. The number of hydrogen-bond donors (Lipinski definition) is 0. The predicted octanol–water partition coefficient (Wildman–Crippen LogP) is 6.03. The maximum absolute atomic E-state index is 12.8. The van der Waals surface area contributed by atoms with Crippen LogP contribution in [0.3, 0.4) is 0 Å². The van der Waals surface area contributed by atoms with Crippen LogP contribution in [0.5, 0.6) is 0 Å². The van der Waals surface area contributed by atoms with Crippen molar-refractivity contribution in [2.75, 3.05) is 0 Å². The van der Waals surface area contributed by atoms with E-state index in [1.54, 1.807) is 45.3 Å². The van der Waals surface area contributed by atoms with Crippen LogP contribution < -0.4 is 0 Å². The second-order valence-corrected chi connectivity index (χ2v) is 9.73. The third-order valence-electron chi connectivity index (χ3n) is 4.80. The van der Waals surface area contributed by atoms with Crippen LogP contribution in [0.2, 0.25) is 0 Å². The normalized spacial score (nSPS) is 14.9. The average molecular weight is 409 g/mol. The van der Waals surface area contributed by atoms with Crippen molar-refractivity contribution in [1.82, 2.24) is 0 Å². The molecule has 0 unspecified atom stereocenters. The standard InChI is InChI=1S/C20H8O2S4/c21-15-9-1-5-23-17(9)13(18-10(15)2-6-24-18)14-19-11(3-7-25-19)16(22)12-4-8-26-20(12)14/h1-8H. The van der Waals surface area contributed by atoms with Gasteiger partial charge in [0.1, 0.15) is 0 Å². The van der Waals surface area contributed by atoms with E-state index in [1.807, 2.05) is 45.8 Å². The van der Waals surface area contributed by atoms with Crippen LogP contribution in [0.15, 0.2) is 45.8 Å². The molecule has 0 radical (unpaired) electrons. The molecule has 6 rings (SSSR count). The van der Waals surface area contributed by atoms with Crippen molar-refractivity contribution in [1.29, 1.82) is 0 Å². The minimum atomic E-state index is 0.103. The van der Waals surface area contributed by atoms with Gasteiger partial charge >= 0.3 is 0 Å². The predicted molar refractivity (Wildman–Crippen MR) is 109 cm³/mol. The fourth-order valence-electron chi connectivity index (χ4n) is 3.68. The Kier molecular flexibility index (Phi) is 3.00. The second kappa shape index (κ2) is 5.20. The maximum Gasteiger partial charge on any atom is 0.195 e. The smallest absolute Gasteiger partial charge is 0.195 e. The van der Waals surface area contributed by atoms with E-state index in [-0.39, 0.29) is 11.6 Å². The van der Waals surface area contributed by atoms with Crippen molar-refractivity contribution in [3.63, 3.8) is 0 Å². The first-order chi connectivity index (χ1) is 12.8. The van der Waals surface area contributed by atoms with Crippen LogP contribution in [-0.2, 0) is 0 Å². The Labute approximate surface area is 164 Å². The van der Waals surface area contributed by atoms with Crippen molar-refractivity contribution in [2.24, 2.45) is 0 Å². The molecule has 0 spiro atoms. The van der Waals surface area contributed by atoms with Crippen LogP contribution >= 0.6 is 45.3 Å². The number of thiophene rings is 4. The van der Waals surface area contributed by atoms with Crippen LogP contribution in [0.4, 0.5) is 0 Å². The zero-order valence-electron chi connectivity index (χ0n) is 13.1. The van der Waals surface area contributed by atoms with E-state index >= 15 is 0 Å². The number of rotatable bonds is 0. The molecule has 0 bridgehead atoms. The first-order valence-electron chi connectivity index (χ1n) is 7.91. The fourth-order valence-corrected chi connectivity index (χ4v) is 7.61. The number of carbonyl (C=O) groups excluding carboxylic acids is 2. The van der Waals surface area contributed by atoms with Gasteiger partial charge in [-0.1, -0.05) is 0 Å². The molecule has 0 amide bonds. The van der Waals surface area contributed by atoms with Crippen molar-refractivity contribution in [3.8, 4) is 0 Å². The number of fused-ring (bicyclic) bond motifs is 4. The van der Waals surface area contributed by atoms with Gasteiger partial charge in [-0.2, -0.15) is 0 Å². The average Bonchev–Trinajstić information content (AvgIpc) is 3.43. The summed E-state index contributed by atoms with van der Waals surface area (Å²) in [6.45, 7) is 0. The van der Waals surface area contributed by atoms with Gasteiger partial charge in [-0.25, -0.2) is 0 Å². The summed E-state index contributed by atoms with van der Waals surface area (Å²) < 4.78 is 0. The lowest BCUT2D eigenvalue weighted by Gasteiger charge is -2.22. The summed E-state index contributed by atoms with van der Waals surface area (Å²) in [4.78, 5) is 29.8. The zero-order valence-corrected chi connectivity index (χ0v) is 16.3. The highest BCUT2D eigenvalue weighted by molar-refractivity contribution is 7.17. The molecule has 0 aromatic carbocycles. The quantitative estimate of drug-likeness (QED) is 0.308. The summed E-state index contributed by atoms with van der Waals surface area (Å²) in [5, 5.41) is 7.94. The Morgan fingerprint density at radius 1 is 0.462 bits per heavy atom. The molecule has 0 aliphatic heterocycles. The highest BCUT2D eigenvalue weighted by atomic mass is 32.1. The van der Waals surface area contributed by atoms with E-state index in [2.05, 4.69) is 0 Å². The molecule has 0 N–H and O–H groups in total. The number of hydrogen-bond acceptors (Lipinski definition) is 6. The summed E-state index contributed by atoms with van der Waals surface area (Å²) in [6, 6.07) is 7.68. The Hall–Kier alpha value is -2.12. The van der Waals surface area contributed by atoms with E-state index in [1.165, 1.54) is 0 Å². The molecule has 0 fully saturated rings. The minimum absolute atomic E-state index is 0.103. The van der Waals surface area contributed by atoms with Crippen molar-refractivity contribution >= 4 is 68.1 Å². The first-order valence-corrected chi connectivity index (χ1v) is 11.4. The van der Waals surface area contributed by atoms with Gasteiger partial charge in [0.15, 0.2) is 11.6 Å². The molecular weight excluding hydrogens is 400 g/mol.